The lowest BCUT2D eigenvalue weighted by molar-refractivity contribution is -0.236. The highest BCUT2D eigenvalue weighted by Crippen LogP contribution is 2.65. The zero-order valence-corrected chi connectivity index (χ0v) is 24.9. The van der Waals surface area contributed by atoms with Crippen LogP contribution >= 0.6 is 58.2 Å². The first kappa shape index (κ1) is 28.1. The van der Waals surface area contributed by atoms with E-state index in [0.29, 0.717) is 13.0 Å². The van der Waals surface area contributed by atoms with Gasteiger partial charge < -0.3 is 28.0 Å². The summed E-state index contributed by atoms with van der Waals surface area (Å²) in [6, 6.07) is 3.50. The number of methoxy groups -OCH3 is 2. The van der Waals surface area contributed by atoms with Crippen molar-refractivity contribution in [3.63, 3.8) is 0 Å². The summed E-state index contributed by atoms with van der Waals surface area (Å²) in [5.41, 5.74) is -0.382. The van der Waals surface area contributed by atoms with Crippen molar-refractivity contribution in [2.75, 3.05) is 34.4 Å². The highest BCUT2D eigenvalue weighted by Gasteiger charge is 2.62. The number of rotatable bonds is 13. The van der Waals surface area contributed by atoms with Crippen LogP contribution in [0.15, 0.2) is 18.3 Å². The van der Waals surface area contributed by atoms with Gasteiger partial charge in [0.2, 0.25) is 0 Å². The molecule has 12 heteroatoms. The average molecular weight is 724 g/mol. The van der Waals surface area contributed by atoms with E-state index < -0.39 is 5.60 Å². The summed E-state index contributed by atoms with van der Waals surface area (Å²) in [7, 11) is 3.12. The van der Waals surface area contributed by atoms with Gasteiger partial charge in [-0.05, 0) is 75.8 Å². The Hall–Kier alpha value is 0.500. The van der Waals surface area contributed by atoms with Crippen LogP contribution in [-0.4, -0.2) is 67.9 Å². The molecular formula is C21H31I2N2O6PS. The van der Waals surface area contributed by atoms with Gasteiger partial charge in [0.15, 0.2) is 5.60 Å². The first-order valence-corrected chi connectivity index (χ1v) is 19.2. The van der Waals surface area contributed by atoms with E-state index in [-0.39, 0.29) is 34.0 Å². The van der Waals surface area contributed by atoms with Crippen LogP contribution in [0.5, 0.6) is 5.75 Å². The summed E-state index contributed by atoms with van der Waals surface area (Å²) >= 11 is 6.09. The average Bonchev–Trinajstić information content (AvgIpc) is 3.07. The molecule has 1 aliphatic heterocycles. The number of hydrogen-bond donors (Lipinski definition) is 0. The molecule has 0 spiro atoms. The second-order valence-electron chi connectivity index (χ2n) is 8.10. The largest absolute Gasteiger partial charge is 0.490 e. The standard InChI is InChI=1S/C21H31I2N2O6PS/c1-27-14-25-19(13-30-33-32(22)23)21(20(25)26,29-15-28-2)12-16-11-18(9-10-24-16)31-17-7-5-3-4-6-8-17/h9-11,17,19H,3-8,12-15H2,1-2H3/t19-,21+/m0/s1. The van der Waals surface area contributed by atoms with Crippen molar-refractivity contribution in [1.82, 2.24) is 9.88 Å². The first-order valence-electron chi connectivity index (χ1n) is 11.0. The van der Waals surface area contributed by atoms with E-state index in [4.69, 9.17) is 23.1 Å². The first-order chi connectivity index (χ1) is 16.0. The molecule has 0 radical (unpaired) electrons. The molecule has 0 N–H and O–H groups in total. The molecule has 1 saturated heterocycles. The summed E-state index contributed by atoms with van der Waals surface area (Å²) in [5.74, 6) is 0.640. The Bertz CT molecular complexity index is 759. The number of pyridine rings is 1. The molecule has 3 rings (SSSR count). The summed E-state index contributed by atoms with van der Waals surface area (Å²) in [4.78, 5) is 19.4. The van der Waals surface area contributed by atoms with Gasteiger partial charge in [0.25, 0.3) is 5.91 Å². The minimum Gasteiger partial charge on any atom is -0.490 e. The predicted molar refractivity (Wildman–Crippen MR) is 147 cm³/mol. The number of likely N-dealkylation sites (tertiary alicyclic amines) is 1. The zero-order chi connectivity index (χ0) is 23.7. The summed E-state index contributed by atoms with van der Waals surface area (Å²) in [6.07, 6.45) is 9.40. The van der Waals surface area contributed by atoms with E-state index in [1.807, 2.05) is 12.1 Å². The second kappa shape index (κ2) is 14.3. The molecular weight excluding hydrogens is 693 g/mol. The van der Waals surface area contributed by atoms with E-state index in [2.05, 4.69) is 49.1 Å². The highest BCUT2D eigenvalue weighted by atomic mass is 127. The van der Waals surface area contributed by atoms with Crippen molar-refractivity contribution in [3.05, 3.63) is 24.0 Å². The van der Waals surface area contributed by atoms with Gasteiger partial charge in [-0.15, -0.1) is 0 Å². The molecule has 0 aromatic carbocycles. The Balaban J connectivity index is 1.77. The van der Waals surface area contributed by atoms with E-state index in [0.717, 1.165) is 24.3 Å². The molecule has 1 aromatic rings. The molecule has 33 heavy (non-hydrogen) atoms. The topological polar surface area (TPSA) is 79.4 Å². The van der Waals surface area contributed by atoms with Gasteiger partial charge in [0.05, 0.1) is 18.8 Å². The summed E-state index contributed by atoms with van der Waals surface area (Å²) in [5, 5.41) is 0. The Morgan fingerprint density at radius 1 is 1.21 bits per heavy atom. The van der Waals surface area contributed by atoms with E-state index >= 15 is 0 Å². The summed E-state index contributed by atoms with van der Waals surface area (Å²) in [6.45, 7) is 0.503. The number of hydrogen-bond acceptors (Lipinski definition) is 8. The van der Waals surface area contributed by atoms with Crippen LogP contribution in [0.4, 0.5) is 0 Å². The van der Waals surface area contributed by atoms with Crippen molar-refractivity contribution in [1.29, 1.82) is 0 Å². The maximum absolute atomic E-state index is 13.3. The number of carbonyl (C=O) groups is 1. The molecule has 1 amide bonds. The fraction of sp³-hybridized carbons (Fsp3) is 0.714. The van der Waals surface area contributed by atoms with Gasteiger partial charge in [-0.3, -0.25) is 9.78 Å². The van der Waals surface area contributed by atoms with E-state index in [1.54, 1.807) is 25.3 Å². The van der Waals surface area contributed by atoms with Gasteiger partial charge in [-0.1, -0.05) is 12.8 Å². The number of nitrogens with zero attached hydrogens (tertiary/aromatic N) is 2. The number of β-lactam (4-membered cyclic amide) rings is 1. The number of ether oxygens (including phenoxy) is 4. The minimum atomic E-state index is -1.12. The van der Waals surface area contributed by atoms with Gasteiger partial charge in [0.1, 0.15) is 21.7 Å². The SMILES string of the molecule is COCO[C@@]1(Cc2cc(OC3CCCCCC3)ccn2)C(=O)N(COC)[C@H]1COSP(I)I. The lowest BCUT2D eigenvalue weighted by Gasteiger charge is -2.54. The molecule has 186 valence electrons. The maximum Gasteiger partial charge on any atom is 0.259 e. The third kappa shape index (κ3) is 7.74. The van der Waals surface area contributed by atoms with Crippen molar-refractivity contribution < 1.29 is 27.9 Å². The third-order valence-corrected chi connectivity index (χ3v) is 9.81. The minimum absolute atomic E-state index is 0.000251. The number of halogens is 2. The Kier molecular flexibility index (Phi) is 12.2. The summed E-state index contributed by atoms with van der Waals surface area (Å²) < 4.78 is 28.3. The number of aromatic nitrogens is 1. The quantitative estimate of drug-likeness (QED) is 0.0645. The molecule has 2 aliphatic rings. The zero-order valence-electron chi connectivity index (χ0n) is 18.9. The molecule has 0 unspecified atom stereocenters. The molecule has 2 atom stereocenters. The van der Waals surface area contributed by atoms with Crippen molar-refractivity contribution in [2.45, 2.75) is 62.7 Å². The van der Waals surface area contributed by atoms with Crippen LogP contribution in [0.3, 0.4) is 0 Å². The monoisotopic (exact) mass is 724 g/mol. The fourth-order valence-electron chi connectivity index (χ4n) is 4.37. The molecule has 8 nitrogen and oxygen atoms in total. The molecule has 1 aliphatic carbocycles. The molecule has 1 aromatic heterocycles. The Morgan fingerprint density at radius 3 is 2.64 bits per heavy atom. The smallest absolute Gasteiger partial charge is 0.259 e. The Morgan fingerprint density at radius 2 is 1.97 bits per heavy atom. The lowest BCUT2D eigenvalue weighted by Crippen LogP contribution is -2.77. The molecule has 2 heterocycles. The number of amides is 1. The van der Waals surface area contributed by atoms with Crippen LogP contribution in [-0.2, 0) is 29.6 Å². The normalized spacial score (nSPS) is 24.1. The van der Waals surface area contributed by atoms with Gasteiger partial charge in [0, 0.05) is 50.3 Å². The second-order valence-corrected chi connectivity index (χ2v) is 25.7. The van der Waals surface area contributed by atoms with E-state index in [1.165, 1.54) is 37.3 Å². The molecule has 1 saturated carbocycles. The predicted octanol–water partition coefficient (Wildman–Crippen LogP) is 5.66. The van der Waals surface area contributed by atoms with Gasteiger partial charge in [-0.25, -0.2) is 0 Å². The third-order valence-electron chi connectivity index (χ3n) is 5.91. The van der Waals surface area contributed by atoms with Crippen LogP contribution in [0.2, 0.25) is 0 Å². The fourth-order valence-corrected chi connectivity index (χ4v) is 7.11. The van der Waals surface area contributed by atoms with E-state index in [9.17, 15) is 4.79 Å². The highest BCUT2D eigenvalue weighted by molar-refractivity contribution is 14.3. The van der Waals surface area contributed by atoms with Crippen LogP contribution in [0.1, 0.15) is 44.2 Å². The van der Waals surface area contributed by atoms with Crippen molar-refractivity contribution in [3.8, 4) is 5.75 Å². The van der Waals surface area contributed by atoms with Gasteiger partial charge >= 0.3 is 0 Å². The molecule has 2 fully saturated rings. The molecule has 0 bridgehead atoms. The van der Waals surface area contributed by atoms with Crippen LogP contribution < -0.4 is 4.74 Å². The Labute approximate surface area is 227 Å². The van der Waals surface area contributed by atoms with Crippen molar-refractivity contribution in [2.24, 2.45) is 0 Å². The van der Waals surface area contributed by atoms with Crippen LogP contribution in [0.25, 0.3) is 0 Å². The maximum atomic E-state index is 13.3. The van der Waals surface area contributed by atoms with Crippen molar-refractivity contribution >= 4 is 64.1 Å². The number of carbonyl (C=O) groups excluding carboxylic acids is 1. The lowest BCUT2D eigenvalue weighted by atomic mass is 9.79. The van der Waals surface area contributed by atoms with Crippen LogP contribution in [0, 0.1) is 0 Å². The van der Waals surface area contributed by atoms with Gasteiger partial charge in [-0.2, -0.15) is 0 Å².